The SMILES string of the molecule is CC1(C)C=Cc2c(cc3c4c([nH][n+]3CCN3CCCC3)-c3ccccc3Oc24)O1. The summed E-state index contributed by atoms with van der Waals surface area (Å²) in [5.74, 6) is 2.68. The van der Waals surface area contributed by atoms with Gasteiger partial charge in [0.2, 0.25) is 5.52 Å². The van der Waals surface area contributed by atoms with Crippen molar-refractivity contribution in [3.8, 4) is 28.5 Å². The molecule has 4 heterocycles. The standard InChI is InChI=1S/C24H25N3O2/c1-24(2)10-9-17-20(29-24)15-18-21-22(16-7-3-4-8-19(16)28-23(17)21)25-27(18)14-13-26-11-5-6-12-26/h3-4,7-10,15H,5-6,11-14H2,1-2H3/p+1. The lowest BCUT2D eigenvalue weighted by Gasteiger charge is -2.29. The first-order chi connectivity index (χ1) is 14.1. The zero-order valence-corrected chi connectivity index (χ0v) is 17.0. The second kappa shape index (κ2) is 6.10. The van der Waals surface area contributed by atoms with Gasteiger partial charge in [-0.25, -0.2) is 0 Å². The van der Waals surface area contributed by atoms with Crippen molar-refractivity contribution in [1.29, 1.82) is 0 Å². The number of H-pyrrole nitrogens is 1. The molecule has 3 aromatic rings. The first kappa shape index (κ1) is 17.1. The molecule has 3 aliphatic heterocycles. The Morgan fingerprint density at radius 1 is 1.14 bits per heavy atom. The lowest BCUT2D eigenvalue weighted by molar-refractivity contribution is -0.725. The van der Waals surface area contributed by atoms with Crippen molar-refractivity contribution in [2.24, 2.45) is 0 Å². The molecule has 2 aromatic carbocycles. The number of aromatic nitrogens is 2. The molecule has 1 N–H and O–H groups in total. The van der Waals surface area contributed by atoms with Crippen LogP contribution < -0.4 is 14.2 Å². The van der Waals surface area contributed by atoms with Gasteiger partial charge in [0.15, 0.2) is 12.3 Å². The van der Waals surface area contributed by atoms with Crippen LogP contribution in [0.1, 0.15) is 32.3 Å². The van der Waals surface area contributed by atoms with Crippen molar-refractivity contribution in [3.05, 3.63) is 42.0 Å². The number of para-hydroxylation sites is 1. The number of hydrogen-bond donors (Lipinski definition) is 1. The fourth-order valence-electron chi connectivity index (χ4n) is 4.78. The molecule has 1 saturated heterocycles. The van der Waals surface area contributed by atoms with Crippen molar-refractivity contribution in [3.63, 3.8) is 0 Å². The highest BCUT2D eigenvalue weighted by Gasteiger charge is 2.35. The second-order valence-corrected chi connectivity index (χ2v) is 8.84. The lowest BCUT2D eigenvalue weighted by atomic mass is 9.96. The predicted molar refractivity (Wildman–Crippen MR) is 113 cm³/mol. The summed E-state index contributed by atoms with van der Waals surface area (Å²) in [6.07, 6.45) is 6.88. The number of benzene rings is 2. The predicted octanol–water partition coefficient (Wildman–Crippen LogP) is 4.51. The number of likely N-dealkylation sites (tertiary alicyclic amines) is 1. The van der Waals surface area contributed by atoms with Crippen molar-refractivity contribution < 1.29 is 14.2 Å². The van der Waals surface area contributed by atoms with E-state index in [1.54, 1.807) is 0 Å². The molecule has 148 valence electrons. The zero-order valence-electron chi connectivity index (χ0n) is 17.0. The lowest BCUT2D eigenvalue weighted by Crippen LogP contribution is -2.41. The summed E-state index contributed by atoms with van der Waals surface area (Å²) in [7, 11) is 0. The normalized spacial score (nSPS) is 19.0. The van der Waals surface area contributed by atoms with Crippen LogP contribution in [0, 0.1) is 0 Å². The monoisotopic (exact) mass is 388 g/mol. The highest BCUT2D eigenvalue weighted by atomic mass is 16.5. The number of rotatable bonds is 3. The molecule has 5 nitrogen and oxygen atoms in total. The fourth-order valence-corrected chi connectivity index (χ4v) is 4.78. The van der Waals surface area contributed by atoms with Crippen LogP contribution in [0.3, 0.4) is 0 Å². The summed E-state index contributed by atoms with van der Waals surface area (Å²) in [5, 5.41) is 4.84. The number of nitrogens with one attached hydrogen (secondary N) is 1. The molecule has 29 heavy (non-hydrogen) atoms. The third-order valence-electron chi connectivity index (χ3n) is 6.28. The molecule has 1 aromatic heterocycles. The van der Waals surface area contributed by atoms with E-state index in [1.807, 2.05) is 12.1 Å². The van der Waals surface area contributed by atoms with Gasteiger partial charge in [0.25, 0.3) is 0 Å². The van der Waals surface area contributed by atoms with Crippen molar-refractivity contribution in [1.82, 2.24) is 10.00 Å². The van der Waals surface area contributed by atoms with Gasteiger partial charge in [-0.3, -0.25) is 4.90 Å². The Morgan fingerprint density at radius 2 is 1.97 bits per heavy atom. The van der Waals surface area contributed by atoms with Crippen LogP contribution in [0.4, 0.5) is 0 Å². The minimum Gasteiger partial charge on any atom is -0.483 e. The maximum absolute atomic E-state index is 6.43. The largest absolute Gasteiger partial charge is 0.483 e. The third-order valence-corrected chi connectivity index (χ3v) is 6.28. The smallest absolute Gasteiger partial charge is 0.246 e. The van der Waals surface area contributed by atoms with E-state index in [0.717, 1.165) is 58.1 Å². The summed E-state index contributed by atoms with van der Waals surface area (Å²) >= 11 is 0. The number of aromatic amines is 1. The molecular formula is C24H26N3O2+. The van der Waals surface area contributed by atoms with Crippen LogP contribution in [0.15, 0.2) is 36.4 Å². The topological polar surface area (TPSA) is 41.4 Å². The van der Waals surface area contributed by atoms with E-state index >= 15 is 0 Å². The average molecular weight is 388 g/mol. The van der Waals surface area contributed by atoms with Gasteiger partial charge in [0, 0.05) is 5.56 Å². The van der Waals surface area contributed by atoms with E-state index in [-0.39, 0.29) is 5.60 Å². The molecule has 0 radical (unpaired) electrons. The maximum atomic E-state index is 6.43. The summed E-state index contributed by atoms with van der Waals surface area (Å²) in [5.41, 5.74) is 4.11. The van der Waals surface area contributed by atoms with E-state index in [9.17, 15) is 0 Å². The molecule has 3 aliphatic rings. The summed E-state index contributed by atoms with van der Waals surface area (Å²) in [6, 6.07) is 10.4. The number of nitrogens with zero attached hydrogens (tertiary/aromatic N) is 2. The number of fused-ring (bicyclic) bond motifs is 4. The Hall–Kier alpha value is -2.79. The van der Waals surface area contributed by atoms with E-state index in [1.165, 1.54) is 25.9 Å². The molecule has 1 fully saturated rings. The molecule has 0 spiro atoms. The highest BCUT2D eigenvalue weighted by Crippen LogP contribution is 2.50. The van der Waals surface area contributed by atoms with Gasteiger partial charge >= 0.3 is 0 Å². The Bertz CT molecular complexity index is 1150. The first-order valence-corrected chi connectivity index (χ1v) is 10.6. The molecule has 0 aliphatic carbocycles. The third kappa shape index (κ3) is 2.68. The molecule has 0 unspecified atom stereocenters. The van der Waals surface area contributed by atoms with Crippen molar-refractivity contribution in [2.45, 2.75) is 38.8 Å². The molecule has 0 saturated carbocycles. The van der Waals surface area contributed by atoms with Crippen LogP contribution in [-0.4, -0.2) is 35.2 Å². The Balaban J connectivity index is 1.54. The van der Waals surface area contributed by atoms with Gasteiger partial charge < -0.3 is 9.47 Å². The Morgan fingerprint density at radius 3 is 2.83 bits per heavy atom. The highest BCUT2D eigenvalue weighted by molar-refractivity contribution is 6.03. The molecule has 0 amide bonds. The van der Waals surface area contributed by atoms with E-state index in [2.05, 4.69) is 58.9 Å². The van der Waals surface area contributed by atoms with Crippen molar-refractivity contribution in [2.75, 3.05) is 19.6 Å². The molecule has 5 heteroatoms. The molecule has 6 rings (SSSR count). The van der Waals surface area contributed by atoms with Crippen LogP contribution in [-0.2, 0) is 6.54 Å². The van der Waals surface area contributed by atoms with Crippen molar-refractivity contribution >= 4 is 17.0 Å². The van der Waals surface area contributed by atoms with E-state index < -0.39 is 0 Å². The van der Waals surface area contributed by atoms with Gasteiger partial charge in [0.1, 0.15) is 28.2 Å². The first-order valence-electron chi connectivity index (χ1n) is 10.6. The molecule has 0 bridgehead atoms. The van der Waals surface area contributed by atoms with E-state index in [0.29, 0.717) is 0 Å². The van der Waals surface area contributed by atoms with Gasteiger partial charge in [-0.05, 0) is 64.1 Å². The summed E-state index contributed by atoms with van der Waals surface area (Å²) < 4.78 is 15.0. The Labute approximate surface area is 170 Å². The van der Waals surface area contributed by atoms with Gasteiger partial charge in [-0.1, -0.05) is 12.1 Å². The average Bonchev–Trinajstić information content (AvgIpc) is 3.34. The molecule has 0 atom stereocenters. The van der Waals surface area contributed by atoms with Gasteiger partial charge in [0.05, 0.1) is 18.2 Å². The van der Waals surface area contributed by atoms with Crippen LogP contribution in [0.25, 0.3) is 28.2 Å². The van der Waals surface area contributed by atoms with Gasteiger partial charge in [-0.2, -0.15) is 5.10 Å². The quantitative estimate of drug-likeness (QED) is 0.525. The second-order valence-electron chi connectivity index (χ2n) is 8.84. The van der Waals surface area contributed by atoms with Crippen LogP contribution >= 0.6 is 0 Å². The molecular weight excluding hydrogens is 362 g/mol. The van der Waals surface area contributed by atoms with E-state index in [4.69, 9.17) is 9.47 Å². The van der Waals surface area contributed by atoms with Crippen LogP contribution in [0.2, 0.25) is 0 Å². The van der Waals surface area contributed by atoms with Crippen LogP contribution in [0.5, 0.6) is 17.2 Å². The summed E-state index contributed by atoms with van der Waals surface area (Å²) in [6.45, 7) is 8.57. The fraction of sp³-hybridized carbons (Fsp3) is 0.375. The Kier molecular flexibility index (Phi) is 3.60. The zero-order chi connectivity index (χ0) is 19.6. The number of ether oxygens (including phenoxy) is 2. The maximum Gasteiger partial charge on any atom is 0.246 e. The van der Waals surface area contributed by atoms with Gasteiger partial charge in [-0.15, -0.1) is 4.68 Å². The minimum atomic E-state index is -0.320. The minimum absolute atomic E-state index is 0.320. The summed E-state index contributed by atoms with van der Waals surface area (Å²) in [4.78, 5) is 2.55. The number of hydrogen-bond acceptors (Lipinski definition) is 3.